The fourth-order valence-corrected chi connectivity index (χ4v) is 2.83. The molecule has 2 amide bonds. The number of amides is 2. The maximum atomic E-state index is 13.5. The summed E-state index contributed by atoms with van der Waals surface area (Å²) in [6.45, 7) is 2.59. The van der Waals surface area contributed by atoms with Crippen molar-refractivity contribution >= 4 is 6.03 Å². The van der Waals surface area contributed by atoms with Crippen molar-refractivity contribution < 1.29 is 19.0 Å². The molecule has 0 bridgehead atoms. The number of ether oxygens (including phenoxy) is 1. The lowest BCUT2D eigenvalue weighted by Crippen LogP contribution is -2.44. The molecular weight excluding hydrogens is 299 g/mol. The summed E-state index contributed by atoms with van der Waals surface area (Å²) < 4.78 is 19.0. The number of rotatable bonds is 6. The fourth-order valence-electron chi connectivity index (χ4n) is 2.83. The van der Waals surface area contributed by atoms with E-state index in [1.807, 2.05) is 0 Å². The minimum absolute atomic E-state index is 0.151. The van der Waals surface area contributed by atoms with Gasteiger partial charge in [0.2, 0.25) is 0 Å². The van der Waals surface area contributed by atoms with Crippen molar-refractivity contribution in [3.8, 4) is 5.75 Å². The molecule has 0 aromatic heterocycles. The highest BCUT2D eigenvalue weighted by Gasteiger charge is 2.27. The van der Waals surface area contributed by atoms with Crippen molar-refractivity contribution in [2.24, 2.45) is 5.92 Å². The smallest absolute Gasteiger partial charge is 0.317 e. The zero-order valence-electron chi connectivity index (χ0n) is 13.7. The first kappa shape index (κ1) is 17.5. The van der Waals surface area contributed by atoms with Gasteiger partial charge >= 0.3 is 6.03 Å². The third-order valence-corrected chi connectivity index (χ3v) is 4.18. The highest BCUT2D eigenvalue weighted by molar-refractivity contribution is 5.73. The molecule has 128 valence electrons. The van der Waals surface area contributed by atoms with Crippen LogP contribution in [-0.2, 0) is 0 Å². The van der Waals surface area contributed by atoms with Gasteiger partial charge in [0.25, 0.3) is 0 Å². The summed E-state index contributed by atoms with van der Waals surface area (Å²) in [4.78, 5) is 13.6. The predicted molar refractivity (Wildman–Crippen MR) is 85.9 cm³/mol. The Hall–Kier alpha value is -1.82. The van der Waals surface area contributed by atoms with Crippen LogP contribution in [0.4, 0.5) is 9.18 Å². The molecular formula is C17H25FN2O3. The van der Waals surface area contributed by atoms with Crippen LogP contribution in [-0.4, -0.2) is 48.4 Å². The summed E-state index contributed by atoms with van der Waals surface area (Å²) in [5, 5.41) is 12.6. The van der Waals surface area contributed by atoms with Gasteiger partial charge in [0, 0.05) is 19.5 Å². The molecule has 3 atom stereocenters. The van der Waals surface area contributed by atoms with E-state index in [2.05, 4.69) is 5.32 Å². The number of hydrogen-bond acceptors (Lipinski definition) is 3. The molecule has 1 saturated carbocycles. The Morgan fingerprint density at radius 1 is 1.48 bits per heavy atom. The molecule has 5 nitrogen and oxygen atoms in total. The number of nitrogens with zero attached hydrogens (tertiary/aromatic N) is 1. The van der Waals surface area contributed by atoms with Gasteiger partial charge in [0.1, 0.15) is 6.10 Å². The number of urea groups is 1. The van der Waals surface area contributed by atoms with Crippen molar-refractivity contribution in [2.45, 2.75) is 38.4 Å². The van der Waals surface area contributed by atoms with E-state index < -0.39 is 5.82 Å². The van der Waals surface area contributed by atoms with Gasteiger partial charge < -0.3 is 20.1 Å². The second-order valence-electron chi connectivity index (χ2n) is 6.18. The first-order chi connectivity index (χ1) is 11.0. The Labute approximate surface area is 136 Å². The van der Waals surface area contributed by atoms with E-state index in [-0.39, 0.29) is 36.5 Å². The van der Waals surface area contributed by atoms with Crippen molar-refractivity contribution in [1.29, 1.82) is 0 Å². The molecule has 1 aliphatic carbocycles. The molecule has 0 saturated heterocycles. The van der Waals surface area contributed by atoms with E-state index in [1.165, 1.54) is 6.07 Å². The summed E-state index contributed by atoms with van der Waals surface area (Å²) in [6.07, 6.45) is 2.11. The number of benzene rings is 1. The van der Waals surface area contributed by atoms with Gasteiger partial charge in [-0.2, -0.15) is 0 Å². The standard InChI is InChI=1S/C17H25FN2O3/c1-12(23-16-9-4-3-7-14(16)18)10-19-17(22)20(2)11-13-6-5-8-15(13)21/h3-4,7,9,12-13,15,21H,5-6,8,10-11H2,1-2H3,(H,19,22). The number of carbonyl (C=O) groups excluding carboxylic acids is 1. The average Bonchev–Trinajstić information content (AvgIpc) is 2.92. The van der Waals surface area contributed by atoms with E-state index in [0.29, 0.717) is 6.54 Å². The zero-order chi connectivity index (χ0) is 16.8. The minimum Gasteiger partial charge on any atom is -0.486 e. The minimum atomic E-state index is -0.419. The second-order valence-corrected chi connectivity index (χ2v) is 6.18. The van der Waals surface area contributed by atoms with Crippen LogP contribution < -0.4 is 10.1 Å². The summed E-state index contributed by atoms with van der Waals surface area (Å²) in [6, 6.07) is 5.97. The average molecular weight is 324 g/mol. The van der Waals surface area contributed by atoms with Crippen molar-refractivity contribution in [3.05, 3.63) is 30.1 Å². The van der Waals surface area contributed by atoms with E-state index in [1.54, 1.807) is 37.1 Å². The van der Waals surface area contributed by atoms with E-state index in [0.717, 1.165) is 19.3 Å². The Balaban J connectivity index is 1.73. The van der Waals surface area contributed by atoms with Crippen molar-refractivity contribution in [1.82, 2.24) is 10.2 Å². The Morgan fingerprint density at radius 2 is 2.22 bits per heavy atom. The molecule has 0 heterocycles. The monoisotopic (exact) mass is 324 g/mol. The molecule has 2 N–H and O–H groups in total. The van der Waals surface area contributed by atoms with Gasteiger partial charge in [0.05, 0.1) is 12.6 Å². The molecule has 6 heteroatoms. The lowest BCUT2D eigenvalue weighted by atomic mass is 10.1. The Kier molecular flexibility index (Phi) is 6.21. The number of hydrogen-bond donors (Lipinski definition) is 2. The second kappa shape index (κ2) is 8.15. The molecule has 1 aromatic rings. The van der Waals surface area contributed by atoms with Crippen LogP contribution in [0.25, 0.3) is 0 Å². The molecule has 1 aromatic carbocycles. The van der Waals surface area contributed by atoms with Gasteiger partial charge in [-0.3, -0.25) is 0 Å². The van der Waals surface area contributed by atoms with Gasteiger partial charge in [-0.05, 0) is 31.9 Å². The normalized spacial score (nSPS) is 21.7. The number of aliphatic hydroxyl groups excluding tert-OH is 1. The number of halogens is 1. The molecule has 0 radical (unpaired) electrons. The molecule has 0 spiro atoms. The van der Waals surface area contributed by atoms with Crippen LogP contribution >= 0.6 is 0 Å². The van der Waals surface area contributed by atoms with E-state index in [4.69, 9.17) is 4.74 Å². The van der Waals surface area contributed by atoms with Gasteiger partial charge in [-0.25, -0.2) is 9.18 Å². The summed E-state index contributed by atoms with van der Waals surface area (Å²) >= 11 is 0. The van der Waals surface area contributed by atoms with E-state index >= 15 is 0 Å². The van der Waals surface area contributed by atoms with Crippen LogP contribution in [0.2, 0.25) is 0 Å². The van der Waals surface area contributed by atoms with Crippen LogP contribution in [0.5, 0.6) is 5.75 Å². The number of aliphatic hydroxyl groups is 1. The lowest BCUT2D eigenvalue weighted by Gasteiger charge is -2.24. The zero-order valence-corrected chi connectivity index (χ0v) is 13.7. The van der Waals surface area contributed by atoms with Crippen LogP contribution in [0, 0.1) is 11.7 Å². The number of carbonyl (C=O) groups is 1. The van der Waals surface area contributed by atoms with Crippen LogP contribution in [0.3, 0.4) is 0 Å². The number of para-hydroxylation sites is 1. The van der Waals surface area contributed by atoms with Gasteiger partial charge in [-0.1, -0.05) is 18.6 Å². The van der Waals surface area contributed by atoms with Crippen molar-refractivity contribution in [3.63, 3.8) is 0 Å². The van der Waals surface area contributed by atoms with Crippen molar-refractivity contribution in [2.75, 3.05) is 20.1 Å². The third kappa shape index (κ3) is 5.10. The first-order valence-corrected chi connectivity index (χ1v) is 8.05. The number of nitrogens with one attached hydrogen (secondary N) is 1. The SMILES string of the molecule is CC(CNC(=O)N(C)CC1CCCC1O)Oc1ccccc1F. The fraction of sp³-hybridized carbons (Fsp3) is 0.588. The summed E-state index contributed by atoms with van der Waals surface area (Å²) in [7, 11) is 1.71. The topological polar surface area (TPSA) is 61.8 Å². The Bertz CT molecular complexity index is 526. The summed E-state index contributed by atoms with van der Waals surface area (Å²) in [5.74, 6) is -0.0902. The summed E-state index contributed by atoms with van der Waals surface area (Å²) in [5.41, 5.74) is 0. The van der Waals surface area contributed by atoms with Gasteiger partial charge in [-0.15, -0.1) is 0 Å². The lowest BCUT2D eigenvalue weighted by molar-refractivity contribution is 0.113. The third-order valence-electron chi connectivity index (χ3n) is 4.18. The quantitative estimate of drug-likeness (QED) is 0.845. The molecule has 0 aliphatic heterocycles. The molecule has 1 fully saturated rings. The largest absolute Gasteiger partial charge is 0.486 e. The van der Waals surface area contributed by atoms with Gasteiger partial charge in [0.15, 0.2) is 11.6 Å². The molecule has 23 heavy (non-hydrogen) atoms. The molecule has 3 unspecified atom stereocenters. The molecule has 2 rings (SSSR count). The van der Waals surface area contributed by atoms with E-state index in [9.17, 15) is 14.3 Å². The van der Waals surface area contributed by atoms with Crippen LogP contribution in [0.15, 0.2) is 24.3 Å². The highest BCUT2D eigenvalue weighted by atomic mass is 19.1. The van der Waals surface area contributed by atoms with Crippen LogP contribution in [0.1, 0.15) is 26.2 Å². The highest BCUT2D eigenvalue weighted by Crippen LogP contribution is 2.25. The molecule has 1 aliphatic rings. The predicted octanol–water partition coefficient (Wildman–Crippen LogP) is 2.40. The Morgan fingerprint density at radius 3 is 2.87 bits per heavy atom. The first-order valence-electron chi connectivity index (χ1n) is 8.05. The maximum Gasteiger partial charge on any atom is 0.317 e. The maximum absolute atomic E-state index is 13.5.